The van der Waals surface area contributed by atoms with Crippen molar-refractivity contribution in [3.8, 4) is 34.0 Å². The van der Waals surface area contributed by atoms with Crippen molar-refractivity contribution in [3.05, 3.63) is 84.2 Å². The smallest absolute Gasteiger partial charge is 0.168 e. The number of nitrogens with two attached hydrogens (primary N) is 1. The average Bonchev–Trinajstić information content (AvgIpc) is 3.53. The molecule has 270 valence electrons. The van der Waals surface area contributed by atoms with Crippen LogP contribution in [0.25, 0.3) is 28.2 Å². The molecule has 2 N–H and O–H groups in total. The lowest BCUT2D eigenvalue weighted by atomic mass is 10.0. The summed E-state index contributed by atoms with van der Waals surface area (Å²) in [7, 11) is 0. The van der Waals surface area contributed by atoms with Gasteiger partial charge < -0.3 is 29.6 Å². The Balaban J connectivity index is 0.987. The van der Waals surface area contributed by atoms with Gasteiger partial charge in [0.1, 0.15) is 11.6 Å². The Morgan fingerprint density at radius 2 is 1.20 bits per heavy atom. The zero-order chi connectivity index (χ0) is 34.8. The van der Waals surface area contributed by atoms with E-state index in [9.17, 15) is 0 Å². The first-order valence-corrected chi connectivity index (χ1v) is 18.3. The SMILES string of the molecule is Cc1cccc(OCCCCCCN2CCN(CCOCCOCCOCCN)CC2)c1-n1c(C)nnc1-c1ccc(-c2ccccc2)cc1. The van der Waals surface area contributed by atoms with E-state index in [1.807, 2.05) is 13.0 Å². The molecule has 1 aromatic heterocycles. The van der Waals surface area contributed by atoms with Gasteiger partial charge in [-0.25, -0.2) is 0 Å². The van der Waals surface area contributed by atoms with Crippen LogP contribution in [0.15, 0.2) is 72.8 Å². The number of rotatable bonds is 22. The van der Waals surface area contributed by atoms with Crippen LogP contribution in [0.3, 0.4) is 0 Å². The molecule has 0 bridgehead atoms. The Bertz CT molecular complexity index is 1520. The molecule has 10 heteroatoms. The fraction of sp³-hybridized carbons (Fsp3) is 0.500. The Labute approximate surface area is 298 Å². The second-order valence-electron chi connectivity index (χ2n) is 12.8. The highest BCUT2D eigenvalue weighted by Gasteiger charge is 2.19. The quantitative estimate of drug-likeness (QED) is 0.103. The number of ether oxygens (including phenoxy) is 4. The number of aryl methyl sites for hydroxylation is 2. The largest absolute Gasteiger partial charge is 0.491 e. The molecule has 4 aromatic rings. The van der Waals surface area contributed by atoms with E-state index in [1.54, 1.807) is 0 Å². The highest BCUT2D eigenvalue weighted by molar-refractivity contribution is 5.69. The van der Waals surface area contributed by atoms with Crippen LogP contribution in [0.1, 0.15) is 37.1 Å². The summed E-state index contributed by atoms with van der Waals surface area (Å²) in [5, 5.41) is 9.06. The molecular formula is C40H56N6O4. The molecule has 10 nitrogen and oxygen atoms in total. The van der Waals surface area contributed by atoms with Crippen LogP contribution in [0.5, 0.6) is 5.75 Å². The molecule has 2 heterocycles. The minimum absolute atomic E-state index is 0.547. The summed E-state index contributed by atoms with van der Waals surface area (Å²) >= 11 is 0. The van der Waals surface area contributed by atoms with Crippen LogP contribution < -0.4 is 10.5 Å². The van der Waals surface area contributed by atoms with Crippen LogP contribution >= 0.6 is 0 Å². The van der Waals surface area contributed by atoms with Gasteiger partial charge in [-0.15, -0.1) is 10.2 Å². The predicted octanol–water partition coefficient (Wildman–Crippen LogP) is 5.78. The summed E-state index contributed by atoms with van der Waals surface area (Å²) in [6, 6.07) is 25.2. The molecule has 0 saturated carbocycles. The summed E-state index contributed by atoms with van der Waals surface area (Å²) in [4.78, 5) is 5.10. The summed E-state index contributed by atoms with van der Waals surface area (Å²) in [6.07, 6.45) is 4.63. The fourth-order valence-electron chi connectivity index (χ4n) is 6.32. The van der Waals surface area contributed by atoms with Gasteiger partial charge in [0.15, 0.2) is 5.82 Å². The molecule has 0 atom stereocenters. The fourth-order valence-corrected chi connectivity index (χ4v) is 6.32. The number of unbranched alkanes of at least 4 members (excludes halogenated alkanes) is 3. The van der Waals surface area contributed by atoms with Crippen molar-refractivity contribution in [3.63, 3.8) is 0 Å². The van der Waals surface area contributed by atoms with E-state index in [4.69, 9.17) is 24.7 Å². The average molecular weight is 685 g/mol. The lowest BCUT2D eigenvalue weighted by Crippen LogP contribution is -2.47. The van der Waals surface area contributed by atoms with Gasteiger partial charge in [-0.2, -0.15) is 0 Å². The van der Waals surface area contributed by atoms with Crippen LogP contribution in [-0.4, -0.2) is 117 Å². The van der Waals surface area contributed by atoms with Gasteiger partial charge in [0, 0.05) is 44.8 Å². The van der Waals surface area contributed by atoms with E-state index in [2.05, 4.69) is 98.2 Å². The third kappa shape index (κ3) is 11.4. The maximum atomic E-state index is 6.43. The predicted molar refractivity (Wildman–Crippen MR) is 200 cm³/mol. The molecule has 1 aliphatic rings. The molecule has 1 saturated heterocycles. The number of nitrogens with zero attached hydrogens (tertiary/aromatic N) is 5. The van der Waals surface area contributed by atoms with Crippen molar-refractivity contribution in [2.45, 2.75) is 39.5 Å². The molecule has 1 aliphatic heterocycles. The first-order chi connectivity index (χ1) is 24.6. The molecule has 5 rings (SSSR count). The van der Waals surface area contributed by atoms with Crippen molar-refractivity contribution in [1.29, 1.82) is 0 Å². The van der Waals surface area contributed by atoms with Crippen molar-refractivity contribution < 1.29 is 18.9 Å². The lowest BCUT2D eigenvalue weighted by Gasteiger charge is -2.34. The summed E-state index contributed by atoms with van der Waals surface area (Å²) in [5.41, 5.74) is 10.9. The zero-order valence-electron chi connectivity index (χ0n) is 30.1. The number of aromatic nitrogens is 3. The molecule has 0 amide bonds. The van der Waals surface area contributed by atoms with Crippen LogP contribution in [0, 0.1) is 13.8 Å². The number of piperazine rings is 1. The van der Waals surface area contributed by atoms with Crippen molar-refractivity contribution in [2.75, 3.05) is 92.1 Å². The standard InChI is InChI=1S/C40H56N6O4/c1-33-11-10-14-38(39(33)46-34(2)42-43-40(46)37-17-15-36(16-18-37)35-12-6-5-7-13-35)50-26-9-4-3-8-20-44-21-23-45(24-22-44)25-28-48-30-32-49-31-29-47-27-19-41/h5-7,10-18H,3-4,8-9,19-32,41H2,1-2H3. The number of benzene rings is 3. The van der Waals surface area contributed by atoms with Crippen LogP contribution in [0.4, 0.5) is 0 Å². The Morgan fingerprint density at radius 3 is 1.92 bits per heavy atom. The number of para-hydroxylation sites is 1. The van der Waals surface area contributed by atoms with E-state index in [-0.39, 0.29) is 0 Å². The maximum Gasteiger partial charge on any atom is 0.168 e. The van der Waals surface area contributed by atoms with Crippen molar-refractivity contribution in [1.82, 2.24) is 24.6 Å². The monoisotopic (exact) mass is 684 g/mol. The number of hydrogen-bond acceptors (Lipinski definition) is 9. The normalized spacial score (nSPS) is 14.0. The van der Waals surface area contributed by atoms with Gasteiger partial charge in [0.2, 0.25) is 0 Å². The second-order valence-corrected chi connectivity index (χ2v) is 12.8. The van der Waals surface area contributed by atoms with Crippen molar-refractivity contribution >= 4 is 0 Å². The Kier molecular flexibility index (Phi) is 15.7. The van der Waals surface area contributed by atoms with E-state index in [0.717, 1.165) is 86.4 Å². The first kappa shape index (κ1) is 37.6. The molecule has 50 heavy (non-hydrogen) atoms. The highest BCUT2D eigenvalue weighted by Crippen LogP contribution is 2.33. The summed E-state index contributed by atoms with van der Waals surface area (Å²) in [5.74, 6) is 2.52. The summed E-state index contributed by atoms with van der Waals surface area (Å²) < 4.78 is 25.1. The van der Waals surface area contributed by atoms with Crippen molar-refractivity contribution in [2.24, 2.45) is 5.73 Å². The van der Waals surface area contributed by atoms with Gasteiger partial charge >= 0.3 is 0 Å². The van der Waals surface area contributed by atoms with E-state index >= 15 is 0 Å². The maximum absolute atomic E-state index is 6.43. The van der Waals surface area contributed by atoms with E-state index in [1.165, 1.54) is 30.5 Å². The van der Waals surface area contributed by atoms with E-state index in [0.29, 0.717) is 46.2 Å². The Hall–Kier alpha value is -3.64. The number of hydrogen-bond donors (Lipinski definition) is 1. The van der Waals surface area contributed by atoms with Crippen LogP contribution in [0.2, 0.25) is 0 Å². The minimum Gasteiger partial charge on any atom is -0.491 e. The third-order valence-corrected chi connectivity index (χ3v) is 9.15. The van der Waals surface area contributed by atoms with Gasteiger partial charge in [-0.3, -0.25) is 9.47 Å². The molecule has 0 radical (unpaired) electrons. The molecule has 0 aliphatic carbocycles. The van der Waals surface area contributed by atoms with Gasteiger partial charge in [-0.05, 0) is 56.0 Å². The minimum atomic E-state index is 0.547. The zero-order valence-corrected chi connectivity index (χ0v) is 30.1. The summed E-state index contributed by atoms with van der Waals surface area (Å²) in [6.45, 7) is 15.7. The van der Waals surface area contributed by atoms with E-state index < -0.39 is 0 Å². The molecule has 3 aromatic carbocycles. The molecular weight excluding hydrogens is 628 g/mol. The third-order valence-electron chi connectivity index (χ3n) is 9.15. The highest BCUT2D eigenvalue weighted by atomic mass is 16.5. The first-order valence-electron chi connectivity index (χ1n) is 18.3. The van der Waals surface area contributed by atoms with Gasteiger partial charge in [0.05, 0.1) is 51.9 Å². The molecule has 1 fully saturated rings. The molecule has 0 unspecified atom stereocenters. The van der Waals surface area contributed by atoms with Gasteiger partial charge in [-0.1, -0.05) is 79.6 Å². The van der Waals surface area contributed by atoms with Crippen LogP contribution in [-0.2, 0) is 14.2 Å². The Morgan fingerprint density at radius 1 is 0.580 bits per heavy atom. The lowest BCUT2D eigenvalue weighted by molar-refractivity contribution is 0.00904. The van der Waals surface area contributed by atoms with Gasteiger partial charge in [0.25, 0.3) is 0 Å². The molecule has 0 spiro atoms. The topological polar surface area (TPSA) is 100 Å². The second kappa shape index (κ2) is 20.9.